The quantitative estimate of drug-likeness (QED) is 0.670. The molecule has 96 valence electrons. The average Bonchev–Trinajstić information content (AvgIpc) is 2.37. The molecule has 5 atom stereocenters. The van der Waals surface area contributed by atoms with E-state index >= 15 is 0 Å². The monoisotopic (exact) mass is 242 g/mol. The summed E-state index contributed by atoms with van der Waals surface area (Å²) in [5, 5.41) is 0. The highest BCUT2D eigenvalue weighted by Crippen LogP contribution is 2.49. The molecule has 2 bridgehead atoms. The third-order valence-corrected chi connectivity index (χ3v) is 4.89. The van der Waals surface area contributed by atoms with E-state index in [1.165, 1.54) is 11.1 Å². The maximum absolute atomic E-state index is 6.20. The van der Waals surface area contributed by atoms with Crippen LogP contribution in [0.4, 0.5) is 0 Å². The molecule has 0 radical (unpaired) electrons. The Morgan fingerprint density at radius 1 is 1.11 bits per heavy atom. The zero-order chi connectivity index (χ0) is 12.7. The zero-order valence-corrected chi connectivity index (χ0v) is 11.5. The van der Waals surface area contributed by atoms with Gasteiger partial charge in [-0.25, -0.2) is 0 Å². The molecule has 1 fully saturated rings. The molecule has 0 spiro atoms. The van der Waals surface area contributed by atoms with Crippen LogP contribution in [0.1, 0.15) is 32.4 Å². The number of benzene rings is 1. The summed E-state index contributed by atoms with van der Waals surface area (Å²) in [4.78, 5) is 0. The van der Waals surface area contributed by atoms with E-state index in [1.54, 1.807) is 0 Å². The lowest BCUT2D eigenvalue weighted by Crippen LogP contribution is -2.42. The van der Waals surface area contributed by atoms with Gasteiger partial charge in [0.25, 0.3) is 0 Å². The molecule has 1 aromatic carbocycles. The van der Waals surface area contributed by atoms with Crippen LogP contribution in [0.25, 0.3) is 0 Å². The van der Waals surface area contributed by atoms with Gasteiger partial charge in [0.15, 0.2) is 0 Å². The first-order chi connectivity index (χ1) is 8.68. The molecule has 0 amide bonds. The van der Waals surface area contributed by atoms with E-state index in [2.05, 4.69) is 57.2 Å². The molecule has 18 heavy (non-hydrogen) atoms. The Hall–Kier alpha value is -1.08. The molecule has 1 heterocycles. The summed E-state index contributed by atoms with van der Waals surface area (Å²) < 4.78 is 6.20. The highest BCUT2D eigenvalue weighted by Gasteiger charge is 2.43. The van der Waals surface area contributed by atoms with Gasteiger partial charge in [0, 0.05) is 5.92 Å². The number of hydrogen-bond acceptors (Lipinski definition) is 1. The normalized spacial score (nSPS) is 39.3. The van der Waals surface area contributed by atoms with Crippen molar-refractivity contribution in [2.75, 3.05) is 6.61 Å². The van der Waals surface area contributed by atoms with Crippen molar-refractivity contribution in [1.29, 1.82) is 0 Å². The topological polar surface area (TPSA) is 9.23 Å². The molecule has 1 aromatic rings. The lowest BCUT2D eigenvalue weighted by atomic mass is 9.65. The Morgan fingerprint density at radius 3 is 2.56 bits per heavy atom. The zero-order valence-electron chi connectivity index (χ0n) is 11.5. The number of ether oxygens (including phenoxy) is 1. The number of rotatable bonds is 1. The molecule has 1 aliphatic carbocycles. The van der Waals surface area contributed by atoms with E-state index in [0.717, 1.165) is 12.5 Å². The number of fused-ring (bicyclic) bond motifs is 2. The van der Waals surface area contributed by atoms with E-state index in [4.69, 9.17) is 4.74 Å². The summed E-state index contributed by atoms with van der Waals surface area (Å²) in [6.07, 6.45) is 2.72. The molecule has 1 heteroatoms. The minimum Gasteiger partial charge on any atom is -0.373 e. The molecule has 0 aromatic heterocycles. The predicted molar refractivity (Wildman–Crippen MR) is 74.2 cm³/mol. The van der Waals surface area contributed by atoms with Gasteiger partial charge in [0.05, 0.1) is 12.7 Å². The van der Waals surface area contributed by atoms with Gasteiger partial charge in [-0.2, -0.15) is 0 Å². The summed E-state index contributed by atoms with van der Waals surface area (Å²) in [6, 6.07) is 10.7. The van der Waals surface area contributed by atoms with Crippen LogP contribution in [0.15, 0.2) is 42.0 Å². The fourth-order valence-electron chi connectivity index (χ4n) is 3.89. The average molecular weight is 242 g/mol. The van der Waals surface area contributed by atoms with Crippen LogP contribution in [0.2, 0.25) is 0 Å². The van der Waals surface area contributed by atoms with Crippen LogP contribution in [-0.4, -0.2) is 6.61 Å². The molecular weight excluding hydrogens is 220 g/mol. The van der Waals surface area contributed by atoms with Crippen molar-refractivity contribution in [3.05, 3.63) is 47.5 Å². The Labute approximate surface area is 110 Å². The van der Waals surface area contributed by atoms with Crippen molar-refractivity contribution in [3.63, 3.8) is 0 Å². The van der Waals surface area contributed by atoms with Gasteiger partial charge in [-0.15, -0.1) is 0 Å². The Kier molecular flexibility index (Phi) is 3.03. The lowest BCUT2D eigenvalue weighted by Gasteiger charge is -2.47. The second-order valence-electron chi connectivity index (χ2n) is 5.98. The van der Waals surface area contributed by atoms with Gasteiger partial charge in [-0.05, 0) is 30.2 Å². The van der Waals surface area contributed by atoms with E-state index in [1.807, 2.05) is 0 Å². The molecule has 1 nitrogen and oxygen atoms in total. The summed E-state index contributed by atoms with van der Waals surface area (Å²) in [7, 11) is 0. The summed E-state index contributed by atoms with van der Waals surface area (Å²) in [5.74, 6) is 2.64. The molecule has 2 aliphatic rings. The van der Waals surface area contributed by atoms with E-state index in [9.17, 15) is 0 Å². The smallest absolute Gasteiger partial charge is 0.0892 e. The van der Waals surface area contributed by atoms with Crippen LogP contribution >= 0.6 is 0 Å². The summed E-state index contributed by atoms with van der Waals surface area (Å²) >= 11 is 0. The molecular formula is C17H22O. The summed E-state index contributed by atoms with van der Waals surface area (Å²) in [6.45, 7) is 7.91. The standard InChI is InChI=1S/C17H22O/c1-11-9-12(2)16-13(3)15(11)10-18-17(16)14-7-5-4-6-8-14/h4-9,11,13,15-17H,10H2,1-3H3/t11-,13+,15-,16+,17+/m1/s1. The predicted octanol–water partition coefficient (Wildman–Crippen LogP) is 4.22. The Balaban J connectivity index is 1.97. The lowest BCUT2D eigenvalue weighted by molar-refractivity contribution is -0.0934. The Bertz CT molecular complexity index is 448. The minimum atomic E-state index is 0.251. The fourth-order valence-corrected chi connectivity index (χ4v) is 3.89. The first-order valence-corrected chi connectivity index (χ1v) is 7.03. The van der Waals surface area contributed by atoms with Crippen molar-refractivity contribution in [2.24, 2.45) is 23.7 Å². The van der Waals surface area contributed by atoms with Gasteiger partial charge in [0.1, 0.15) is 0 Å². The van der Waals surface area contributed by atoms with Gasteiger partial charge in [-0.1, -0.05) is 55.8 Å². The van der Waals surface area contributed by atoms with Crippen LogP contribution in [0.5, 0.6) is 0 Å². The molecule has 0 N–H and O–H groups in total. The van der Waals surface area contributed by atoms with Crippen molar-refractivity contribution >= 4 is 0 Å². The van der Waals surface area contributed by atoms with Crippen LogP contribution in [0.3, 0.4) is 0 Å². The fraction of sp³-hybridized carbons (Fsp3) is 0.529. The molecule has 0 unspecified atom stereocenters. The van der Waals surface area contributed by atoms with Crippen molar-refractivity contribution in [2.45, 2.75) is 26.9 Å². The molecule has 1 aliphatic heterocycles. The van der Waals surface area contributed by atoms with Gasteiger partial charge in [0.2, 0.25) is 0 Å². The number of hydrogen-bond donors (Lipinski definition) is 0. The largest absolute Gasteiger partial charge is 0.373 e. The van der Waals surface area contributed by atoms with E-state index in [-0.39, 0.29) is 6.10 Å². The van der Waals surface area contributed by atoms with Crippen LogP contribution in [0, 0.1) is 23.7 Å². The number of allylic oxidation sites excluding steroid dienone is 1. The van der Waals surface area contributed by atoms with Crippen molar-refractivity contribution < 1.29 is 4.74 Å². The molecule has 3 rings (SSSR count). The van der Waals surface area contributed by atoms with Crippen molar-refractivity contribution in [1.82, 2.24) is 0 Å². The van der Waals surface area contributed by atoms with Crippen LogP contribution in [-0.2, 0) is 4.74 Å². The van der Waals surface area contributed by atoms with E-state index < -0.39 is 0 Å². The van der Waals surface area contributed by atoms with Gasteiger partial charge in [-0.3, -0.25) is 0 Å². The van der Waals surface area contributed by atoms with Crippen molar-refractivity contribution in [3.8, 4) is 0 Å². The first kappa shape index (κ1) is 12.0. The molecule has 0 saturated carbocycles. The SMILES string of the molecule is CC1=C[C@@H](C)[C@H]2CO[C@@H](c3ccccc3)[C@@H]1[C@H]2C. The van der Waals surface area contributed by atoms with E-state index in [0.29, 0.717) is 17.8 Å². The highest BCUT2D eigenvalue weighted by atomic mass is 16.5. The highest BCUT2D eigenvalue weighted by molar-refractivity contribution is 5.25. The first-order valence-electron chi connectivity index (χ1n) is 7.03. The van der Waals surface area contributed by atoms with Gasteiger partial charge < -0.3 is 4.74 Å². The minimum absolute atomic E-state index is 0.251. The van der Waals surface area contributed by atoms with Gasteiger partial charge >= 0.3 is 0 Å². The maximum Gasteiger partial charge on any atom is 0.0892 e. The third kappa shape index (κ3) is 1.81. The summed E-state index contributed by atoms with van der Waals surface area (Å²) in [5.41, 5.74) is 2.84. The van der Waals surface area contributed by atoms with Crippen LogP contribution < -0.4 is 0 Å². The molecule has 1 saturated heterocycles. The third-order valence-electron chi connectivity index (χ3n) is 4.89. The second-order valence-corrected chi connectivity index (χ2v) is 5.98. The second kappa shape index (κ2) is 4.55. The Morgan fingerprint density at radius 2 is 1.83 bits per heavy atom. The maximum atomic E-state index is 6.20.